The lowest BCUT2D eigenvalue weighted by Crippen LogP contribution is -2.14. The molecule has 0 bridgehead atoms. The van der Waals surface area contributed by atoms with Gasteiger partial charge in [-0.15, -0.1) is 0 Å². The van der Waals surface area contributed by atoms with Gasteiger partial charge in [0.2, 0.25) is 0 Å². The summed E-state index contributed by atoms with van der Waals surface area (Å²) in [5.74, 6) is 1.04. The first-order valence-electron chi connectivity index (χ1n) is 8.05. The Balaban J connectivity index is 1.90. The Bertz CT molecular complexity index is 947. The van der Waals surface area contributed by atoms with Gasteiger partial charge in [-0.1, -0.05) is 54.6 Å². The molecular weight excluding hydrogens is 264 g/mol. The smallest absolute Gasteiger partial charge is 0.0202 e. The van der Waals surface area contributed by atoms with Gasteiger partial charge in [0.15, 0.2) is 0 Å². The third kappa shape index (κ3) is 1.38. The summed E-state index contributed by atoms with van der Waals surface area (Å²) in [6.45, 7) is 4.53. The van der Waals surface area contributed by atoms with E-state index in [1.165, 1.54) is 38.6 Å². The van der Waals surface area contributed by atoms with Gasteiger partial charge in [-0.05, 0) is 64.1 Å². The Morgan fingerprint density at radius 2 is 1.77 bits per heavy atom. The molecule has 2 atom stereocenters. The predicted molar refractivity (Wildman–Crippen MR) is 93.9 cm³/mol. The molecule has 0 saturated carbocycles. The highest BCUT2D eigenvalue weighted by Gasteiger charge is 2.40. The molecule has 22 heavy (non-hydrogen) atoms. The average Bonchev–Trinajstić information content (AvgIpc) is 2.87. The molecule has 0 heterocycles. The van der Waals surface area contributed by atoms with E-state index in [1.54, 1.807) is 5.56 Å². The second-order valence-corrected chi connectivity index (χ2v) is 6.67. The Labute approximate surface area is 131 Å². The lowest BCUT2D eigenvalue weighted by Gasteiger charge is -2.28. The van der Waals surface area contributed by atoms with E-state index in [-0.39, 0.29) is 0 Å². The number of hydrogen-bond acceptors (Lipinski definition) is 0. The highest BCUT2D eigenvalue weighted by atomic mass is 14.4. The van der Waals surface area contributed by atoms with Crippen LogP contribution < -0.4 is 0 Å². The van der Waals surface area contributed by atoms with Gasteiger partial charge < -0.3 is 0 Å². The molecule has 0 saturated heterocycles. The maximum absolute atomic E-state index is 2.40. The molecule has 0 aromatic heterocycles. The summed E-state index contributed by atoms with van der Waals surface area (Å²) >= 11 is 0. The number of allylic oxidation sites excluding steroid dienone is 8. The van der Waals surface area contributed by atoms with Crippen LogP contribution in [-0.4, -0.2) is 0 Å². The number of aryl methyl sites for hydroxylation is 1. The van der Waals surface area contributed by atoms with E-state index in [0.717, 1.165) is 0 Å². The topological polar surface area (TPSA) is 0 Å². The first-order chi connectivity index (χ1) is 10.8. The predicted octanol–water partition coefficient (Wildman–Crippen LogP) is 5.70. The summed E-state index contributed by atoms with van der Waals surface area (Å²) in [4.78, 5) is 0. The maximum atomic E-state index is 2.40. The third-order valence-corrected chi connectivity index (χ3v) is 5.59. The van der Waals surface area contributed by atoms with Crippen molar-refractivity contribution in [3.8, 4) is 0 Å². The first kappa shape index (κ1) is 12.2. The van der Waals surface area contributed by atoms with Crippen molar-refractivity contribution in [3.63, 3.8) is 0 Å². The molecule has 0 aliphatic heterocycles. The van der Waals surface area contributed by atoms with E-state index in [2.05, 4.69) is 74.6 Å². The van der Waals surface area contributed by atoms with E-state index in [0.29, 0.717) is 11.8 Å². The van der Waals surface area contributed by atoms with Gasteiger partial charge in [-0.2, -0.15) is 0 Å². The fourth-order valence-electron chi connectivity index (χ4n) is 4.57. The molecule has 106 valence electrons. The molecule has 0 radical (unpaired) electrons. The zero-order chi connectivity index (χ0) is 14.8. The number of rotatable bonds is 0. The van der Waals surface area contributed by atoms with E-state index in [4.69, 9.17) is 0 Å². The normalized spacial score (nSPS) is 24.5. The molecule has 2 unspecified atom stereocenters. The zero-order valence-electron chi connectivity index (χ0n) is 12.9. The molecule has 0 fully saturated rings. The lowest BCUT2D eigenvalue weighted by atomic mass is 9.75. The Morgan fingerprint density at radius 1 is 0.909 bits per heavy atom. The Morgan fingerprint density at radius 3 is 2.68 bits per heavy atom. The zero-order valence-corrected chi connectivity index (χ0v) is 12.9. The monoisotopic (exact) mass is 282 g/mol. The van der Waals surface area contributed by atoms with Crippen molar-refractivity contribution in [2.24, 2.45) is 5.92 Å². The van der Waals surface area contributed by atoms with E-state index >= 15 is 0 Å². The molecule has 0 nitrogen and oxygen atoms in total. The van der Waals surface area contributed by atoms with Crippen LogP contribution in [0.3, 0.4) is 0 Å². The molecule has 2 aromatic rings. The molecular formula is C22H18. The van der Waals surface area contributed by atoms with Crippen LogP contribution in [0, 0.1) is 12.8 Å². The van der Waals surface area contributed by atoms with Gasteiger partial charge >= 0.3 is 0 Å². The fraction of sp³-hybridized carbons (Fsp3) is 0.182. The highest BCUT2D eigenvalue weighted by molar-refractivity contribution is 5.95. The van der Waals surface area contributed by atoms with Crippen molar-refractivity contribution in [2.75, 3.05) is 0 Å². The number of fused-ring (bicyclic) bond motifs is 4. The Hall–Kier alpha value is -2.34. The van der Waals surface area contributed by atoms with E-state index in [9.17, 15) is 0 Å². The molecule has 5 rings (SSSR count). The number of benzene rings is 2. The minimum Gasteiger partial charge on any atom is -0.0760 e. The molecule has 0 heteroatoms. The van der Waals surface area contributed by atoms with Crippen LogP contribution >= 0.6 is 0 Å². The largest absolute Gasteiger partial charge is 0.0760 e. The quantitative estimate of drug-likeness (QED) is 0.581. The van der Waals surface area contributed by atoms with Crippen LogP contribution in [0.5, 0.6) is 0 Å². The molecule has 0 N–H and O–H groups in total. The van der Waals surface area contributed by atoms with E-state index in [1.807, 2.05) is 0 Å². The van der Waals surface area contributed by atoms with Crippen molar-refractivity contribution in [1.82, 2.24) is 0 Å². The fourth-order valence-corrected chi connectivity index (χ4v) is 4.57. The summed E-state index contributed by atoms with van der Waals surface area (Å²) < 4.78 is 0. The third-order valence-electron chi connectivity index (χ3n) is 5.59. The first-order valence-corrected chi connectivity index (χ1v) is 8.05. The van der Waals surface area contributed by atoms with Crippen LogP contribution in [-0.2, 0) is 0 Å². The van der Waals surface area contributed by atoms with Crippen LogP contribution in [0.2, 0.25) is 0 Å². The summed E-state index contributed by atoms with van der Waals surface area (Å²) in [7, 11) is 0. The minimum atomic E-state index is 0.509. The van der Waals surface area contributed by atoms with Crippen LogP contribution in [0.15, 0.2) is 71.9 Å². The van der Waals surface area contributed by atoms with Crippen LogP contribution in [0.4, 0.5) is 0 Å². The number of hydrogen-bond donors (Lipinski definition) is 0. The second kappa shape index (κ2) is 4.10. The Kier molecular flexibility index (Phi) is 2.28. The molecule has 3 aliphatic rings. The SMILES string of the molecule is CC1=CC=C2c3cc4ccccc4c(C)c3C3C=CC=C1C23. The van der Waals surface area contributed by atoms with Crippen molar-refractivity contribution < 1.29 is 0 Å². The van der Waals surface area contributed by atoms with Gasteiger partial charge in [0.05, 0.1) is 0 Å². The van der Waals surface area contributed by atoms with Crippen LogP contribution in [0.1, 0.15) is 29.5 Å². The average molecular weight is 282 g/mol. The molecule has 0 amide bonds. The van der Waals surface area contributed by atoms with Gasteiger partial charge in [0.1, 0.15) is 0 Å². The molecule has 2 aromatic carbocycles. The summed E-state index contributed by atoms with van der Waals surface area (Å²) in [6, 6.07) is 11.2. The highest BCUT2D eigenvalue weighted by Crippen LogP contribution is 2.56. The molecule has 3 aliphatic carbocycles. The maximum Gasteiger partial charge on any atom is 0.0202 e. The van der Waals surface area contributed by atoms with Crippen molar-refractivity contribution in [2.45, 2.75) is 19.8 Å². The van der Waals surface area contributed by atoms with Crippen molar-refractivity contribution in [3.05, 3.63) is 88.5 Å². The summed E-state index contributed by atoms with van der Waals surface area (Å²) in [5, 5.41) is 2.76. The van der Waals surface area contributed by atoms with Gasteiger partial charge in [0, 0.05) is 11.8 Å². The summed E-state index contributed by atoms with van der Waals surface area (Å²) in [5.41, 5.74) is 8.89. The van der Waals surface area contributed by atoms with Crippen molar-refractivity contribution >= 4 is 16.3 Å². The van der Waals surface area contributed by atoms with Gasteiger partial charge in [-0.3, -0.25) is 0 Å². The van der Waals surface area contributed by atoms with Crippen LogP contribution in [0.25, 0.3) is 16.3 Å². The van der Waals surface area contributed by atoms with Gasteiger partial charge in [-0.25, -0.2) is 0 Å². The molecule has 0 spiro atoms. The van der Waals surface area contributed by atoms with E-state index < -0.39 is 0 Å². The minimum absolute atomic E-state index is 0.509. The second-order valence-electron chi connectivity index (χ2n) is 6.67. The summed E-state index contributed by atoms with van der Waals surface area (Å²) in [6.07, 6.45) is 11.6. The van der Waals surface area contributed by atoms with Gasteiger partial charge in [0.25, 0.3) is 0 Å². The lowest BCUT2D eigenvalue weighted by molar-refractivity contribution is 0.709. The van der Waals surface area contributed by atoms with Crippen molar-refractivity contribution in [1.29, 1.82) is 0 Å². The standard InChI is InChI=1S/C22H18/c1-13-10-11-18-20-12-15-6-3-4-7-17(15)14(2)21(20)19-9-5-8-16(13)22(18)19/h3-12,19,22H,1-2H3.